The molecular weight excluding hydrogens is 378 g/mol. The summed E-state index contributed by atoms with van der Waals surface area (Å²) in [5, 5.41) is 17.2. The van der Waals surface area contributed by atoms with Crippen molar-refractivity contribution in [3.8, 4) is 0 Å². The van der Waals surface area contributed by atoms with Gasteiger partial charge in [-0.15, -0.1) is 0 Å². The zero-order chi connectivity index (χ0) is 20.9. The summed E-state index contributed by atoms with van der Waals surface area (Å²) in [4.78, 5) is 21.0. The Morgan fingerprint density at radius 1 is 1.00 bits per heavy atom. The third-order valence-corrected chi connectivity index (χ3v) is 4.82. The van der Waals surface area contributed by atoms with Crippen LogP contribution in [0.1, 0.15) is 37.2 Å². The van der Waals surface area contributed by atoms with E-state index >= 15 is 0 Å². The molecule has 30 heavy (non-hydrogen) atoms. The van der Waals surface area contributed by atoms with E-state index in [4.69, 9.17) is 0 Å². The second-order valence-electron chi connectivity index (χ2n) is 7.04. The fourth-order valence-electron chi connectivity index (χ4n) is 3.18. The van der Waals surface area contributed by atoms with Crippen molar-refractivity contribution in [1.82, 2.24) is 25.5 Å². The van der Waals surface area contributed by atoms with Crippen LogP contribution >= 0.6 is 0 Å². The number of pyridine rings is 2. The number of hydrogen-bond donors (Lipinski definition) is 4. The van der Waals surface area contributed by atoms with E-state index in [1.54, 1.807) is 18.5 Å². The Morgan fingerprint density at radius 3 is 2.57 bits per heavy atom. The van der Waals surface area contributed by atoms with E-state index in [1.807, 2.05) is 62.4 Å². The topological polar surface area (TPSA) is 108 Å². The molecule has 4 N–H and O–H groups in total. The van der Waals surface area contributed by atoms with Gasteiger partial charge in [-0.1, -0.05) is 36.4 Å². The standard InChI is InChI=1S/C22H23N7O/c1-14(16-8-4-3-5-9-16)26-22(30)27-20-12-19-17(13-24-20)21(29-28-19)25-15(2)18-10-6-7-11-23-18/h3-15H,1-2H3,(H2,25,28,29)(H2,24,26,27,30). The van der Waals surface area contributed by atoms with Gasteiger partial charge in [0.05, 0.1) is 28.7 Å². The first kappa shape index (κ1) is 19.4. The number of carbonyl (C=O) groups is 1. The predicted molar refractivity (Wildman–Crippen MR) is 117 cm³/mol. The minimum Gasteiger partial charge on any atom is -0.360 e. The highest BCUT2D eigenvalue weighted by Gasteiger charge is 2.14. The summed E-state index contributed by atoms with van der Waals surface area (Å²) in [5.41, 5.74) is 2.72. The Kier molecular flexibility index (Phi) is 5.56. The average Bonchev–Trinajstić information content (AvgIpc) is 3.16. The maximum Gasteiger partial charge on any atom is 0.320 e. The van der Waals surface area contributed by atoms with Gasteiger partial charge in [0, 0.05) is 18.5 Å². The van der Waals surface area contributed by atoms with E-state index in [9.17, 15) is 4.79 Å². The van der Waals surface area contributed by atoms with E-state index in [1.165, 1.54) is 0 Å². The van der Waals surface area contributed by atoms with Crippen LogP contribution in [0.3, 0.4) is 0 Å². The van der Waals surface area contributed by atoms with Crippen LogP contribution in [0, 0.1) is 0 Å². The van der Waals surface area contributed by atoms with E-state index in [-0.39, 0.29) is 18.1 Å². The molecule has 2 unspecified atom stereocenters. The lowest BCUT2D eigenvalue weighted by molar-refractivity contribution is 0.249. The molecule has 0 aliphatic rings. The van der Waals surface area contributed by atoms with Gasteiger partial charge in [0.25, 0.3) is 0 Å². The van der Waals surface area contributed by atoms with E-state index < -0.39 is 0 Å². The molecule has 2 atom stereocenters. The van der Waals surface area contributed by atoms with E-state index in [2.05, 4.69) is 36.1 Å². The monoisotopic (exact) mass is 401 g/mol. The van der Waals surface area contributed by atoms with Gasteiger partial charge in [0.1, 0.15) is 5.82 Å². The highest BCUT2D eigenvalue weighted by Crippen LogP contribution is 2.25. The molecule has 3 aromatic heterocycles. The molecule has 0 aliphatic heterocycles. The van der Waals surface area contributed by atoms with Crippen molar-refractivity contribution < 1.29 is 4.79 Å². The molecule has 0 fully saturated rings. The second-order valence-corrected chi connectivity index (χ2v) is 7.04. The maximum absolute atomic E-state index is 12.3. The van der Waals surface area contributed by atoms with E-state index in [0.717, 1.165) is 22.2 Å². The molecular formula is C22H23N7O. The highest BCUT2D eigenvalue weighted by molar-refractivity contribution is 5.94. The van der Waals surface area contributed by atoms with Crippen LogP contribution in [0.25, 0.3) is 10.9 Å². The van der Waals surface area contributed by atoms with Crippen LogP contribution in [-0.4, -0.2) is 26.2 Å². The smallest absolute Gasteiger partial charge is 0.320 e. The first-order chi connectivity index (χ1) is 14.6. The summed E-state index contributed by atoms with van der Waals surface area (Å²) in [6.07, 6.45) is 3.45. The van der Waals surface area contributed by atoms with Gasteiger partial charge in [0.15, 0.2) is 5.82 Å². The van der Waals surface area contributed by atoms with Crippen molar-refractivity contribution in [1.29, 1.82) is 0 Å². The molecule has 0 aliphatic carbocycles. The van der Waals surface area contributed by atoms with Crippen molar-refractivity contribution in [3.63, 3.8) is 0 Å². The van der Waals surface area contributed by atoms with Crippen molar-refractivity contribution in [2.75, 3.05) is 10.6 Å². The fraction of sp³-hybridized carbons (Fsp3) is 0.182. The molecule has 2 amide bonds. The predicted octanol–water partition coefficient (Wildman–Crippen LogP) is 4.41. The average molecular weight is 401 g/mol. The van der Waals surface area contributed by atoms with Crippen molar-refractivity contribution in [2.24, 2.45) is 0 Å². The van der Waals surface area contributed by atoms with Crippen LogP contribution in [0.5, 0.6) is 0 Å². The summed E-state index contributed by atoms with van der Waals surface area (Å²) in [7, 11) is 0. The first-order valence-electron chi connectivity index (χ1n) is 9.74. The molecule has 0 bridgehead atoms. The van der Waals surface area contributed by atoms with Gasteiger partial charge in [-0.05, 0) is 31.5 Å². The fourth-order valence-corrected chi connectivity index (χ4v) is 3.18. The molecule has 8 heteroatoms. The largest absolute Gasteiger partial charge is 0.360 e. The number of nitrogens with one attached hydrogen (secondary N) is 4. The number of aromatic amines is 1. The zero-order valence-electron chi connectivity index (χ0n) is 16.8. The number of nitrogens with zero attached hydrogens (tertiary/aromatic N) is 3. The quantitative estimate of drug-likeness (QED) is 0.383. The van der Waals surface area contributed by atoms with Crippen molar-refractivity contribution >= 4 is 28.6 Å². The number of rotatable bonds is 6. The maximum atomic E-state index is 12.3. The molecule has 152 valence electrons. The number of hydrogen-bond acceptors (Lipinski definition) is 5. The molecule has 0 saturated heterocycles. The summed E-state index contributed by atoms with van der Waals surface area (Å²) in [6, 6.07) is 16.9. The first-order valence-corrected chi connectivity index (χ1v) is 9.74. The third-order valence-electron chi connectivity index (χ3n) is 4.82. The third kappa shape index (κ3) is 4.38. The van der Waals surface area contributed by atoms with Gasteiger partial charge in [-0.3, -0.25) is 15.4 Å². The van der Waals surface area contributed by atoms with E-state index in [0.29, 0.717) is 11.6 Å². The van der Waals surface area contributed by atoms with Crippen LogP contribution < -0.4 is 16.0 Å². The number of benzene rings is 1. The lowest BCUT2D eigenvalue weighted by Crippen LogP contribution is -2.31. The number of H-pyrrole nitrogens is 1. The van der Waals surface area contributed by atoms with Crippen molar-refractivity contribution in [2.45, 2.75) is 25.9 Å². The molecule has 1 aromatic carbocycles. The molecule has 4 aromatic rings. The van der Waals surface area contributed by atoms with Gasteiger partial charge in [0.2, 0.25) is 0 Å². The molecule has 8 nitrogen and oxygen atoms in total. The number of urea groups is 1. The molecule has 0 radical (unpaired) electrons. The summed E-state index contributed by atoms with van der Waals surface area (Å²) < 4.78 is 0. The molecule has 0 spiro atoms. The van der Waals surface area contributed by atoms with Crippen LogP contribution in [0.4, 0.5) is 16.4 Å². The summed E-state index contributed by atoms with van der Waals surface area (Å²) >= 11 is 0. The number of aromatic nitrogens is 4. The Balaban J connectivity index is 1.42. The summed E-state index contributed by atoms with van der Waals surface area (Å²) in [5.74, 6) is 1.12. The minimum absolute atomic E-state index is 0.0132. The Labute approximate surface area is 174 Å². The Bertz CT molecular complexity index is 1130. The normalized spacial score (nSPS) is 12.9. The van der Waals surface area contributed by atoms with Crippen LogP contribution in [0.2, 0.25) is 0 Å². The van der Waals surface area contributed by atoms with Crippen LogP contribution in [-0.2, 0) is 0 Å². The number of carbonyl (C=O) groups excluding carboxylic acids is 1. The number of fused-ring (bicyclic) bond motifs is 1. The Hall–Kier alpha value is -3.94. The van der Waals surface area contributed by atoms with Gasteiger partial charge in [-0.2, -0.15) is 5.10 Å². The Morgan fingerprint density at radius 2 is 1.80 bits per heavy atom. The highest BCUT2D eigenvalue weighted by atomic mass is 16.2. The van der Waals surface area contributed by atoms with Gasteiger partial charge in [-0.25, -0.2) is 9.78 Å². The number of amides is 2. The number of anilines is 2. The second kappa shape index (κ2) is 8.60. The van der Waals surface area contributed by atoms with Crippen molar-refractivity contribution in [3.05, 3.63) is 78.2 Å². The summed E-state index contributed by atoms with van der Waals surface area (Å²) in [6.45, 7) is 3.95. The molecule has 0 saturated carbocycles. The molecule has 3 heterocycles. The van der Waals surface area contributed by atoms with Gasteiger partial charge < -0.3 is 10.6 Å². The zero-order valence-corrected chi connectivity index (χ0v) is 16.8. The lowest BCUT2D eigenvalue weighted by atomic mass is 10.1. The lowest BCUT2D eigenvalue weighted by Gasteiger charge is -2.14. The SMILES string of the molecule is CC(NC(=O)Nc1cc2[nH]nc(NC(C)c3ccccn3)c2cn1)c1ccccc1. The molecule has 4 rings (SSSR count). The van der Waals surface area contributed by atoms with Gasteiger partial charge >= 0.3 is 6.03 Å². The van der Waals surface area contributed by atoms with Crippen LogP contribution in [0.15, 0.2) is 67.0 Å². The minimum atomic E-state index is -0.320.